The highest BCUT2D eigenvalue weighted by molar-refractivity contribution is 5.98. The Kier molecular flexibility index (Phi) is 3.26. The Bertz CT molecular complexity index is 392. The van der Waals surface area contributed by atoms with E-state index in [2.05, 4.69) is 13.5 Å². The Balaban J connectivity index is 2.42. The van der Waals surface area contributed by atoms with Gasteiger partial charge in [0.2, 0.25) is 0 Å². The zero-order valence-corrected chi connectivity index (χ0v) is 11.0. The minimum atomic E-state index is -0.492. The van der Waals surface area contributed by atoms with Crippen LogP contribution in [0.25, 0.3) is 0 Å². The van der Waals surface area contributed by atoms with Crippen LogP contribution in [-0.4, -0.2) is 17.0 Å². The molecule has 0 aromatic carbocycles. The lowest BCUT2D eigenvalue weighted by molar-refractivity contribution is -0.115. The molecule has 94 valence electrons. The molecule has 0 aromatic rings. The van der Waals surface area contributed by atoms with Gasteiger partial charge in [-0.05, 0) is 49.7 Å². The molecular weight excluding hydrogens is 212 g/mol. The molecule has 0 bridgehead atoms. The molecule has 0 radical (unpaired) electrons. The topological polar surface area (TPSA) is 37.3 Å². The van der Waals surface area contributed by atoms with Crippen molar-refractivity contribution in [2.75, 3.05) is 0 Å². The summed E-state index contributed by atoms with van der Waals surface area (Å²) in [6, 6.07) is 0. The van der Waals surface area contributed by atoms with Gasteiger partial charge in [-0.3, -0.25) is 4.79 Å². The number of carbonyl (C=O) groups is 1. The van der Waals surface area contributed by atoms with Crippen LogP contribution in [-0.2, 0) is 4.79 Å². The van der Waals surface area contributed by atoms with Crippen LogP contribution in [0.15, 0.2) is 23.3 Å². The molecule has 2 heteroatoms. The van der Waals surface area contributed by atoms with Gasteiger partial charge in [-0.25, -0.2) is 0 Å². The highest BCUT2D eigenvalue weighted by Gasteiger charge is 2.41. The number of hydrogen-bond acceptors (Lipinski definition) is 2. The molecule has 0 aliphatic heterocycles. The van der Waals surface area contributed by atoms with E-state index >= 15 is 0 Å². The number of carbonyl (C=O) groups excluding carboxylic acids is 1. The zero-order chi connectivity index (χ0) is 12.7. The second-order valence-corrected chi connectivity index (χ2v) is 5.77. The van der Waals surface area contributed by atoms with Crippen molar-refractivity contribution in [3.05, 3.63) is 23.3 Å². The SMILES string of the molecule is C=C(C)[C@@H]1CC[C@H](C)C2CC(=O)C(C)=C2[C@@H]1O. The first-order valence-electron chi connectivity index (χ1n) is 6.50. The van der Waals surface area contributed by atoms with Crippen molar-refractivity contribution in [2.45, 2.75) is 46.1 Å². The fraction of sp³-hybridized carbons (Fsp3) is 0.667. The van der Waals surface area contributed by atoms with Crippen LogP contribution in [0.1, 0.15) is 40.0 Å². The van der Waals surface area contributed by atoms with Crippen molar-refractivity contribution in [3.63, 3.8) is 0 Å². The maximum absolute atomic E-state index is 11.8. The molecule has 1 N–H and O–H groups in total. The molecule has 1 saturated carbocycles. The van der Waals surface area contributed by atoms with Crippen molar-refractivity contribution >= 4 is 5.78 Å². The third-order valence-corrected chi connectivity index (χ3v) is 4.61. The minimum Gasteiger partial charge on any atom is -0.388 e. The van der Waals surface area contributed by atoms with Crippen LogP contribution < -0.4 is 0 Å². The molecule has 2 aliphatic rings. The molecule has 17 heavy (non-hydrogen) atoms. The van der Waals surface area contributed by atoms with Crippen molar-refractivity contribution < 1.29 is 9.90 Å². The number of hydrogen-bond donors (Lipinski definition) is 1. The quantitative estimate of drug-likeness (QED) is 0.708. The van der Waals surface area contributed by atoms with Gasteiger partial charge in [-0.1, -0.05) is 19.1 Å². The van der Waals surface area contributed by atoms with Crippen LogP contribution in [0, 0.1) is 17.8 Å². The molecule has 0 aromatic heterocycles. The van der Waals surface area contributed by atoms with Gasteiger partial charge in [0.25, 0.3) is 0 Å². The Morgan fingerprint density at radius 3 is 2.65 bits per heavy atom. The maximum Gasteiger partial charge on any atom is 0.159 e. The molecule has 2 nitrogen and oxygen atoms in total. The predicted octanol–water partition coefficient (Wildman–Crippen LogP) is 2.88. The number of aliphatic hydroxyl groups is 1. The molecule has 4 atom stereocenters. The number of fused-ring (bicyclic) bond motifs is 1. The monoisotopic (exact) mass is 234 g/mol. The van der Waals surface area contributed by atoms with Crippen molar-refractivity contribution in [1.29, 1.82) is 0 Å². The summed E-state index contributed by atoms with van der Waals surface area (Å²) in [6.45, 7) is 10.0. The number of allylic oxidation sites excluding steroid dienone is 1. The summed E-state index contributed by atoms with van der Waals surface area (Å²) in [5.41, 5.74) is 2.85. The standard InChI is InChI=1S/C15H22O2/c1-8(2)11-6-5-9(3)12-7-13(16)10(4)14(12)15(11)17/h9,11-12,15,17H,1,5-7H2,2-4H3/t9-,11-,12?,15+/m0/s1. The third-order valence-electron chi connectivity index (χ3n) is 4.61. The summed E-state index contributed by atoms with van der Waals surface area (Å²) in [7, 11) is 0. The average Bonchev–Trinajstić information content (AvgIpc) is 2.48. The Hall–Kier alpha value is -0.890. The van der Waals surface area contributed by atoms with Crippen LogP contribution >= 0.6 is 0 Å². The lowest BCUT2D eigenvalue weighted by Gasteiger charge is -2.24. The zero-order valence-electron chi connectivity index (χ0n) is 11.0. The summed E-state index contributed by atoms with van der Waals surface area (Å²) < 4.78 is 0. The van der Waals surface area contributed by atoms with Gasteiger partial charge in [0.15, 0.2) is 5.78 Å². The fourth-order valence-electron chi connectivity index (χ4n) is 3.38. The summed E-state index contributed by atoms with van der Waals surface area (Å²) in [5, 5.41) is 10.5. The predicted molar refractivity (Wildman–Crippen MR) is 68.5 cm³/mol. The fourth-order valence-corrected chi connectivity index (χ4v) is 3.38. The van der Waals surface area contributed by atoms with E-state index in [1.54, 1.807) is 0 Å². The number of aliphatic hydroxyl groups excluding tert-OH is 1. The highest BCUT2D eigenvalue weighted by Crippen LogP contribution is 2.45. The molecule has 0 amide bonds. The Morgan fingerprint density at radius 1 is 1.41 bits per heavy atom. The summed E-state index contributed by atoms with van der Waals surface area (Å²) in [4.78, 5) is 11.8. The van der Waals surface area contributed by atoms with Crippen LogP contribution in [0.4, 0.5) is 0 Å². The molecule has 2 aliphatic carbocycles. The number of rotatable bonds is 1. The van der Waals surface area contributed by atoms with Crippen molar-refractivity contribution in [2.24, 2.45) is 17.8 Å². The molecular formula is C15H22O2. The van der Waals surface area contributed by atoms with E-state index in [4.69, 9.17) is 0 Å². The first-order chi connectivity index (χ1) is 7.93. The van der Waals surface area contributed by atoms with E-state index in [0.717, 1.165) is 29.6 Å². The molecule has 0 saturated heterocycles. The Labute approximate surface area is 103 Å². The average molecular weight is 234 g/mol. The summed E-state index contributed by atoms with van der Waals surface area (Å²) in [6.07, 6.45) is 2.17. The summed E-state index contributed by atoms with van der Waals surface area (Å²) >= 11 is 0. The highest BCUT2D eigenvalue weighted by atomic mass is 16.3. The first-order valence-corrected chi connectivity index (χ1v) is 6.50. The Morgan fingerprint density at radius 2 is 2.06 bits per heavy atom. The molecule has 1 unspecified atom stereocenters. The second-order valence-electron chi connectivity index (χ2n) is 5.77. The largest absolute Gasteiger partial charge is 0.388 e. The molecule has 1 fully saturated rings. The molecule has 0 spiro atoms. The lowest BCUT2D eigenvalue weighted by atomic mass is 9.84. The van der Waals surface area contributed by atoms with Crippen molar-refractivity contribution in [1.82, 2.24) is 0 Å². The molecule has 2 rings (SSSR count). The lowest BCUT2D eigenvalue weighted by Crippen LogP contribution is -2.24. The second kappa shape index (κ2) is 4.41. The van der Waals surface area contributed by atoms with Gasteiger partial charge in [0.05, 0.1) is 6.10 Å². The van der Waals surface area contributed by atoms with Gasteiger partial charge in [-0.15, -0.1) is 0 Å². The number of ketones is 1. The smallest absolute Gasteiger partial charge is 0.159 e. The van der Waals surface area contributed by atoms with E-state index in [9.17, 15) is 9.90 Å². The van der Waals surface area contributed by atoms with Crippen LogP contribution in [0.3, 0.4) is 0 Å². The van der Waals surface area contributed by atoms with Crippen LogP contribution in [0.2, 0.25) is 0 Å². The van der Waals surface area contributed by atoms with Crippen LogP contribution in [0.5, 0.6) is 0 Å². The first kappa shape index (κ1) is 12.6. The van der Waals surface area contributed by atoms with E-state index in [1.807, 2.05) is 13.8 Å². The maximum atomic E-state index is 11.8. The van der Waals surface area contributed by atoms with Gasteiger partial charge in [0, 0.05) is 12.3 Å². The van der Waals surface area contributed by atoms with E-state index in [-0.39, 0.29) is 17.6 Å². The van der Waals surface area contributed by atoms with E-state index in [0.29, 0.717) is 12.3 Å². The van der Waals surface area contributed by atoms with E-state index in [1.165, 1.54) is 0 Å². The van der Waals surface area contributed by atoms with Crippen molar-refractivity contribution in [3.8, 4) is 0 Å². The normalized spacial score (nSPS) is 38.0. The van der Waals surface area contributed by atoms with Gasteiger partial charge in [-0.2, -0.15) is 0 Å². The van der Waals surface area contributed by atoms with Gasteiger partial charge >= 0.3 is 0 Å². The minimum absolute atomic E-state index is 0.123. The summed E-state index contributed by atoms with van der Waals surface area (Å²) in [5.74, 6) is 1.10. The third kappa shape index (κ3) is 1.99. The van der Waals surface area contributed by atoms with Gasteiger partial charge < -0.3 is 5.11 Å². The van der Waals surface area contributed by atoms with E-state index < -0.39 is 6.10 Å². The molecule has 0 heterocycles. The van der Waals surface area contributed by atoms with Gasteiger partial charge in [0.1, 0.15) is 0 Å². The number of Topliss-reactive ketones (excluding diaryl/α,β-unsaturated/α-hetero) is 1.